The number of nitrogens with zero attached hydrogens (tertiary/aromatic N) is 2. The van der Waals surface area contributed by atoms with Crippen LogP contribution in [0, 0.1) is 0 Å². The van der Waals surface area contributed by atoms with Crippen molar-refractivity contribution in [2.75, 3.05) is 13.1 Å². The second-order valence-corrected chi connectivity index (χ2v) is 8.06. The van der Waals surface area contributed by atoms with Crippen molar-refractivity contribution >= 4 is 21.6 Å². The summed E-state index contributed by atoms with van der Waals surface area (Å²) in [6, 6.07) is 5.65. The summed E-state index contributed by atoms with van der Waals surface area (Å²) in [5.74, 6) is -0.0824. The molecule has 0 aliphatic carbocycles. The van der Waals surface area contributed by atoms with E-state index in [1.165, 1.54) is 16.7 Å². The fourth-order valence-electron chi connectivity index (χ4n) is 2.61. The lowest BCUT2D eigenvalue weighted by Gasteiger charge is -2.18. The summed E-state index contributed by atoms with van der Waals surface area (Å²) in [5, 5.41) is 0.319. The monoisotopic (exact) mass is 422 g/mol. The highest BCUT2D eigenvalue weighted by atomic mass is 35.5. The van der Waals surface area contributed by atoms with E-state index < -0.39 is 28.2 Å². The molecule has 0 saturated carbocycles. The SMILES string of the molecule is O=S(=O)(c1ccc(OC(F)(F)F)cc1)N1CCC(Oc2ccncc2Cl)C1. The minimum absolute atomic E-state index is 0.0990. The number of hydrogen-bond acceptors (Lipinski definition) is 5. The van der Waals surface area contributed by atoms with Crippen LogP contribution in [0.3, 0.4) is 0 Å². The van der Waals surface area contributed by atoms with Gasteiger partial charge in [0.2, 0.25) is 10.0 Å². The number of benzene rings is 1. The van der Waals surface area contributed by atoms with Gasteiger partial charge in [0.05, 0.1) is 11.4 Å². The zero-order chi connectivity index (χ0) is 19.7. The van der Waals surface area contributed by atoms with Crippen LogP contribution in [0.25, 0.3) is 0 Å². The molecular formula is C16H14ClF3N2O4S. The maximum Gasteiger partial charge on any atom is 0.573 e. The van der Waals surface area contributed by atoms with E-state index in [4.69, 9.17) is 16.3 Å². The molecule has 0 bridgehead atoms. The first-order valence-corrected chi connectivity index (χ1v) is 9.59. The number of rotatable bonds is 5. The molecule has 0 radical (unpaired) electrons. The minimum atomic E-state index is -4.84. The molecule has 0 amide bonds. The number of aromatic nitrogens is 1. The molecule has 0 N–H and O–H groups in total. The third-order valence-electron chi connectivity index (χ3n) is 3.83. The average Bonchev–Trinajstić information content (AvgIpc) is 3.05. The fourth-order valence-corrected chi connectivity index (χ4v) is 4.26. The minimum Gasteiger partial charge on any atom is -0.487 e. The first-order chi connectivity index (χ1) is 12.6. The lowest BCUT2D eigenvalue weighted by atomic mass is 10.3. The summed E-state index contributed by atoms with van der Waals surface area (Å²) < 4.78 is 72.6. The molecule has 1 atom stereocenters. The van der Waals surface area contributed by atoms with E-state index in [0.29, 0.717) is 17.2 Å². The highest BCUT2D eigenvalue weighted by molar-refractivity contribution is 7.89. The first-order valence-electron chi connectivity index (χ1n) is 7.77. The molecule has 0 spiro atoms. The van der Waals surface area contributed by atoms with E-state index in [-0.39, 0.29) is 18.0 Å². The van der Waals surface area contributed by atoms with Crippen LogP contribution in [-0.2, 0) is 10.0 Å². The standard InChI is InChI=1S/C16H14ClF3N2O4S/c17-14-9-21-7-5-15(14)25-12-6-8-22(10-12)27(23,24)13-3-1-11(2-4-13)26-16(18,19)20/h1-5,7,9,12H,6,8,10H2. The fraction of sp³-hybridized carbons (Fsp3) is 0.312. The molecule has 3 rings (SSSR count). The second kappa shape index (κ2) is 7.53. The Kier molecular flexibility index (Phi) is 5.50. The van der Waals surface area contributed by atoms with Crippen LogP contribution in [0.1, 0.15) is 6.42 Å². The molecule has 146 valence electrons. The molecule has 11 heteroatoms. The van der Waals surface area contributed by atoms with Crippen LogP contribution in [0.4, 0.5) is 13.2 Å². The Hall–Kier alpha value is -2.04. The molecular weight excluding hydrogens is 409 g/mol. The van der Waals surface area contributed by atoms with Crippen LogP contribution >= 0.6 is 11.6 Å². The first kappa shape index (κ1) is 19.7. The number of ether oxygens (including phenoxy) is 2. The van der Waals surface area contributed by atoms with Gasteiger partial charge in [-0.3, -0.25) is 4.98 Å². The molecule has 1 aromatic carbocycles. The van der Waals surface area contributed by atoms with Crippen molar-refractivity contribution in [2.45, 2.75) is 23.8 Å². The largest absolute Gasteiger partial charge is 0.573 e. The average molecular weight is 423 g/mol. The normalized spacial score (nSPS) is 18.4. The van der Waals surface area contributed by atoms with Gasteiger partial charge in [0.15, 0.2) is 0 Å². The van der Waals surface area contributed by atoms with Crippen LogP contribution < -0.4 is 9.47 Å². The highest BCUT2D eigenvalue weighted by Gasteiger charge is 2.34. The topological polar surface area (TPSA) is 68.7 Å². The summed E-state index contributed by atoms with van der Waals surface area (Å²) in [6.45, 7) is 0.318. The van der Waals surface area contributed by atoms with E-state index in [1.54, 1.807) is 6.07 Å². The Morgan fingerprint density at radius 3 is 2.52 bits per heavy atom. The van der Waals surface area contributed by atoms with Crippen molar-refractivity contribution < 1.29 is 31.1 Å². The van der Waals surface area contributed by atoms with Gasteiger partial charge in [0, 0.05) is 25.0 Å². The van der Waals surface area contributed by atoms with Gasteiger partial charge in [-0.15, -0.1) is 13.2 Å². The lowest BCUT2D eigenvalue weighted by Crippen LogP contribution is -2.31. The smallest absolute Gasteiger partial charge is 0.487 e. The molecule has 27 heavy (non-hydrogen) atoms. The Morgan fingerprint density at radius 1 is 1.19 bits per heavy atom. The Balaban J connectivity index is 1.68. The third-order valence-corrected chi connectivity index (χ3v) is 5.99. The van der Waals surface area contributed by atoms with Crippen molar-refractivity contribution in [1.82, 2.24) is 9.29 Å². The summed E-state index contributed by atoms with van der Waals surface area (Å²) in [7, 11) is -3.86. The molecule has 2 aromatic rings. The Bertz CT molecular complexity index is 907. The van der Waals surface area contributed by atoms with Gasteiger partial charge in [0.1, 0.15) is 22.6 Å². The number of sulfonamides is 1. The van der Waals surface area contributed by atoms with Crippen molar-refractivity contribution in [2.24, 2.45) is 0 Å². The third kappa shape index (κ3) is 4.82. The van der Waals surface area contributed by atoms with E-state index >= 15 is 0 Å². The second-order valence-electron chi connectivity index (χ2n) is 5.72. The van der Waals surface area contributed by atoms with E-state index in [1.807, 2.05) is 0 Å². The number of hydrogen-bond donors (Lipinski definition) is 0. The Labute approximate surface area is 158 Å². The van der Waals surface area contributed by atoms with Crippen LogP contribution in [0.15, 0.2) is 47.6 Å². The van der Waals surface area contributed by atoms with E-state index in [9.17, 15) is 21.6 Å². The van der Waals surface area contributed by atoms with E-state index in [0.717, 1.165) is 24.3 Å². The van der Waals surface area contributed by atoms with Gasteiger partial charge in [-0.2, -0.15) is 4.31 Å². The van der Waals surface area contributed by atoms with Crippen molar-refractivity contribution in [3.63, 3.8) is 0 Å². The zero-order valence-electron chi connectivity index (χ0n) is 13.7. The number of alkyl halides is 3. The van der Waals surface area contributed by atoms with Crippen molar-refractivity contribution in [1.29, 1.82) is 0 Å². The van der Waals surface area contributed by atoms with Crippen LogP contribution in [0.5, 0.6) is 11.5 Å². The predicted octanol–water partition coefficient (Wildman–Crippen LogP) is 3.48. The molecule has 6 nitrogen and oxygen atoms in total. The highest BCUT2D eigenvalue weighted by Crippen LogP contribution is 2.29. The molecule has 1 aromatic heterocycles. The van der Waals surface area contributed by atoms with Crippen molar-refractivity contribution in [3.05, 3.63) is 47.7 Å². The molecule has 2 heterocycles. The summed E-state index contributed by atoms with van der Waals surface area (Å²) in [5.41, 5.74) is 0. The molecule has 1 aliphatic rings. The number of halogens is 4. The summed E-state index contributed by atoms with van der Waals surface area (Å²) >= 11 is 5.97. The van der Waals surface area contributed by atoms with Crippen molar-refractivity contribution in [3.8, 4) is 11.5 Å². The van der Waals surface area contributed by atoms with Gasteiger partial charge < -0.3 is 9.47 Å². The lowest BCUT2D eigenvalue weighted by molar-refractivity contribution is -0.274. The van der Waals surface area contributed by atoms with Gasteiger partial charge in [-0.25, -0.2) is 8.42 Å². The Morgan fingerprint density at radius 2 is 1.89 bits per heavy atom. The molecule has 1 saturated heterocycles. The van der Waals surface area contributed by atoms with Gasteiger partial charge in [-0.1, -0.05) is 11.6 Å². The van der Waals surface area contributed by atoms with Gasteiger partial charge in [0.25, 0.3) is 0 Å². The molecule has 1 fully saturated rings. The summed E-state index contributed by atoms with van der Waals surface area (Å²) in [4.78, 5) is 3.72. The quantitative estimate of drug-likeness (QED) is 0.738. The number of pyridine rings is 1. The maximum atomic E-state index is 12.7. The summed E-state index contributed by atoms with van der Waals surface area (Å²) in [6.07, 6.45) is -1.85. The maximum absolute atomic E-state index is 12.7. The predicted molar refractivity (Wildman–Crippen MR) is 90.2 cm³/mol. The van der Waals surface area contributed by atoms with Crippen LogP contribution in [-0.4, -0.2) is 43.3 Å². The van der Waals surface area contributed by atoms with E-state index in [2.05, 4.69) is 9.72 Å². The van der Waals surface area contributed by atoms with Gasteiger partial charge >= 0.3 is 6.36 Å². The van der Waals surface area contributed by atoms with Crippen LogP contribution in [0.2, 0.25) is 5.02 Å². The molecule has 1 aliphatic heterocycles. The zero-order valence-corrected chi connectivity index (χ0v) is 15.3. The molecule has 1 unspecified atom stereocenters. The van der Waals surface area contributed by atoms with Gasteiger partial charge in [-0.05, 0) is 30.7 Å².